The number of benzene rings is 1. The molecule has 0 amide bonds. The number of rotatable bonds is 2. The van der Waals surface area contributed by atoms with Gasteiger partial charge in [0.05, 0.1) is 10.0 Å². The molecular formula is C12H8Cl2N2O. The summed E-state index contributed by atoms with van der Waals surface area (Å²) in [4.78, 5) is 14.9. The van der Waals surface area contributed by atoms with Crippen LogP contribution in [-0.4, -0.2) is 11.3 Å². The maximum absolute atomic E-state index is 11.0. The highest BCUT2D eigenvalue weighted by molar-refractivity contribution is 6.42. The number of aromatic nitrogens is 1. The fraction of sp³-hybridized carbons (Fsp3) is 0. The average molecular weight is 267 g/mol. The third kappa shape index (κ3) is 2.40. The third-order valence-electron chi connectivity index (χ3n) is 2.31. The molecule has 2 rings (SSSR count). The largest absolute Gasteiger partial charge is 0.384 e. The van der Waals surface area contributed by atoms with E-state index >= 15 is 0 Å². The summed E-state index contributed by atoms with van der Waals surface area (Å²) in [5.41, 5.74) is 7.43. The number of anilines is 1. The van der Waals surface area contributed by atoms with Gasteiger partial charge in [0.15, 0.2) is 6.29 Å². The predicted octanol–water partition coefficient (Wildman–Crippen LogP) is 3.45. The molecule has 1 heterocycles. The molecule has 0 unspecified atom stereocenters. The molecule has 1 aromatic heterocycles. The average Bonchev–Trinajstić information content (AvgIpc) is 2.32. The Morgan fingerprint density at radius 2 is 1.94 bits per heavy atom. The molecule has 17 heavy (non-hydrogen) atoms. The second-order valence-electron chi connectivity index (χ2n) is 3.44. The van der Waals surface area contributed by atoms with Crippen molar-refractivity contribution in [3.63, 3.8) is 0 Å². The maximum atomic E-state index is 11.0. The van der Waals surface area contributed by atoms with E-state index in [2.05, 4.69) is 4.98 Å². The van der Waals surface area contributed by atoms with Crippen molar-refractivity contribution >= 4 is 35.3 Å². The zero-order valence-electron chi connectivity index (χ0n) is 8.65. The molecular weight excluding hydrogens is 259 g/mol. The van der Waals surface area contributed by atoms with Gasteiger partial charge in [0.1, 0.15) is 5.82 Å². The van der Waals surface area contributed by atoms with E-state index in [1.54, 1.807) is 24.4 Å². The van der Waals surface area contributed by atoms with Gasteiger partial charge in [0.25, 0.3) is 0 Å². The number of carbonyl (C=O) groups is 1. The lowest BCUT2D eigenvalue weighted by Crippen LogP contribution is -1.95. The Hall–Kier alpha value is -1.58. The summed E-state index contributed by atoms with van der Waals surface area (Å²) in [6.07, 6.45) is 2.27. The van der Waals surface area contributed by atoms with Crippen LogP contribution in [-0.2, 0) is 0 Å². The Morgan fingerprint density at radius 1 is 1.18 bits per heavy atom. The minimum atomic E-state index is 0.302. The smallest absolute Gasteiger partial charge is 0.150 e. The molecule has 0 aliphatic heterocycles. The summed E-state index contributed by atoms with van der Waals surface area (Å²) >= 11 is 11.8. The molecule has 0 aliphatic rings. The number of carbonyl (C=O) groups excluding carboxylic acids is 1. The van der Waals surface area contributed by atoms with E-state index in [-0.39, 0.29) is 0 Å². The van der Waals surface area contributed by atoms with Crippen molar-refractivity contribution in [2.45, 2.75) is 0 Å². The van der Waals surface area contributed by atoms with Crippen LogP contribution in [0.4, 0.5) is 5.82 Å². The number of nitrogens with zero attached hydrogens (tertiary/aromatic N) is 1. The molecule has 0 bridgehead atoms. The van der Waals surface area contributed by atoms with E-state index in [1.807, 2.05) is 0 Å². The van der Waals surface area contributed by atoms with Crippen LogP contribution in [0.1, 0.15) is 10.4 Å². The van der Waals surface area contributed by atoms with E-state index < -0.39 is 0 Å². The number of nitrogen functional groups attached to an aromatic ring is 1. The van der Waals surface area contributed by atoms with Gasteiger partial charge in [-0.1, -0.05) is 29.3 Å². The number of hydrogen-bond acceptors (Lipinski definition) is 3. The third-order valence-corrected chi connectivity index (χ3v) is 3.05. The lowest BCUT2D eigenvalue weighted by Gasteiger charge is -2.06. The summed E-state index contributed by atoms with van der Waals surface area (Å²) in [5, 5.41) is 0.893. The number of hydrogen-bond donors (Lipinski definition) is 1. The van der Waals surface area contributed by atoms with E-state index in [0.29, 0.717) is 27.0 Å². The fourth-order valence-electron chi connectivity index (χ4n) is 1.49. The molecule has 5 heteroatoms. The number of aldehydes is 1. The first kappa shape index (κ1) is 11.9. The van der Waals surface area contributed by atoms with Gasteiger partial charge in [-0.05, 0) is 23.8 Å². The number of pyridine rings is 1. The molecule has 2 N–H and O–H groups in total. The van der Waals surface area contributed by atoms with Crippen LogP contribution < -0.4 is 5.73 Å². The van der Waals surface area contributed by atoms with Gasteiger partial charge in [0, 0.05) is 17.3 Å². The van der Waals surface area contributed by atoms with Crippen molar-refractivity contribution in [3.8, 4) is 11.1 Å². The van der Waals surface area contributed by atoms with Crippen molar-refractivity contribution in [2.75, 3.05) is 5.73 Å². The van der Waals surface area contributed by atoms with E-state index in [0.717, 1.165) is 11.8 Å². The van der Waals surface area contributed by atoms with Crippen molar-refractivity contribution in [2.24, 2.45) is 0 Å². The molecule has 0 radical (unpaired) electrons. The van der Waals surface area contributed by atoms with Gasteiger partial charge in [-0.2, -0.15) is 0 Å². The van der Waals surface area contributed by atoms with Crippen LogP contribution in [0.25, 0.3) is 11.1 Å². The predicted molar refractivity (Wildman–Crippen MR) is 69.5 cm³/mol. The Labute approximate surface area is 108 Å². The maximum Gasteiger partial charge on any atom is 0.150 e. The minimum absolute atomic E-state index is 0.302. The monoisotopic (exact) mass is 266 g/mol. The molecule has 3 nitrogen and oxygen atoms in total. The molecule has 0 fully saturated rings. The fourth-order valence-corrected chi connectivity index (χ4v) is 1.79. The van der Waals surface area contributed by atoms with Gasteiger partial charge >= 0.3 is 0 Å². The Balaban J connectivity index is 2.59. The lowest BCUT2D eigenvalue weighted by molar-refractivity contribution is 0.112. The second-order valence-corrected chi connectivity index (χ2v) is 4.26. The van der Waals surface area contributed by atoms with Crippen molar-refractivity contribution in [3.05, 3.63) is 46.1 Å². The first-order chi connectivity index (χ1) is 8.11. The molecule has 0 atom stereocenters. The summed E-state index contributed by atoms with van der Waals surface area (Å²) in [6.45, 7) is 0. The van der Waals surface area contributed by atoms with Crippen LogP contribution in [0, 0.1) is 0 Å². The Morgan fingerprint density at radius 3 is 2.59 bits per heavy atom. The lowest BCUT2D eigenvalue weighted by atomic mass is 10.0. The van der Waals surface area contributed by atoms with Gasteiger partial charge < -0.3 is 5.73 Å². The molecule has 86 valence electrons. The molecule has 0 saturated heterocycles. The standard InChI is InChI=1S/C12H8Cl2N2O/c13-10-2-1-7(3-11(10)14)9-5-16-12(15)4-8(9)6-17/h1-6H,(H2,15,16). The highest BCUT2D eigenvalue weighted by Gasteiger charge is 2.08. The molecule has 2 aromatic rings. The van der Waals surface area contributed by atoms with Crippen LogP contribution in [0.2, 0.25) is 10.0 Å². The normalized spacial score (nSPS) is 10.2. The van der Waals surface area contributed by atoms with E-state index in [1.165, 1.54) is 6.07 Å². The minimum Gasteiger partial charge on any atom is -0.384 e. The SMILES string of the molecule is Nc1cc(C=O)c(-c2ccc(Cl)c(Cl)c2)cn1. The quantitative estimate of drug-likeness (QED) is 0.848. The van der Waals surface area contributed by atoms with Crippen LogP contribution >= 0.6 is 23.2 Å². The topological polar surface area (TPSA) is 56.0 Å². The zero-order chi connectivity index (χ0) is 12.4. The van der Waals surface area contributed by atoms with Crippen molar-refractivity contribution in [1.82, 2.24) is 4.98 Å². The van der Waals surface area contributed by atoms with Gasteiger partial charge in [-0.25, -0.2) is 4.98 Å². The Kier molecular flexibility index (Phi) is 3.31. The van der Waals surface area contributed by atoms with Crippen molar-refractivity contribution in [1.29, 1.82) is 0 Å². The van der Waals surface area contributed by atoms with Gasteiger partial charge in [0.2, 0.25) is 0 Å². The molecule has 0 saturated carbocycles. The molecule has 0 aliphatic carbocycles. The van der Waals surface area contributed by atoms with Crippen LogP contribution in [0.3, 0.4) is 0 Å². The van der Waals surface area contributed by atoms with Crippen LogP contribution in [0.5, 0.6) is 0 Å². The number of nitrogens with two attached hydrogens (primary N) is 1. The first-order valence-electron chi connectivity index (χ1n) is 4.78. The van der Waals surface area contributed by atoms with Gasteiger partial charge in [-0.3, -0.25) is 4.79 Å². The molecule has 1 aromatic carbocycles. The van der Waals surface area contributed by atoms with Gasteiger partial charge in [-0.15, -0.1) is 0 Å². The highest BCUT2D eigenvalue weighted by atomic mass is 35.5. The van der Waals surface area contributed by atoms with Crippen molar-refractivity contribution < 1.29 is 4.79 Å². The summed E-state index contributed by atoms with van der Waals surface area (Å²) in [5.74, 6) is 0.302. The highest BCUT2D eigenvalue weighted by Crippen LogP contribution is 2.29. The van der Waals surface area contributed by atoms with E-state index in [4.69, 9.17) is 28.9 Å². The first-order valence-corrected chi connectivity index (χ1v) is 5.53. The zero-order valence-corrected chi connectivity index (χ0v) is 10.2. The summed E-state index contributed by atoms with van der Waals surface area (Å²) in [6, 6.07) is 6.65. The van der Waals surface area contributed by atoms with E-state index in [9.17, 15) is 4.79 Å². The summed E-state index contributed by atoms with van der Waals surface area (Å²) < 4.78 is 0. The second kappa shape index (κ2) is 4.73. The van der Waals surface area contributed by atoms with Crippen LogP contribution in [0.15, 0.2) is 30.5 Å². The molecule has 0 spiro atoms. The number of halogens is 2. The Bertz CT molecular complexity index is 585. The summed E-state index contributed by atoms with van der Waals surface area (Å²) in [7, 11) is 0.